The van der Waals surface area contributed by atoms with E-state index in [0.29, 0.717) is 22.7 Å². The van der Waals surface area contributed by atoms with Gasteiger partial charge in [0.05, 0.1) is 6.61 Å². The Morgan fingerprint density at radius 1 is 1.10 bits per heavy atom. The number of esters is 1. The molecule has 1 saturated heterocycles. The topological polar surface area (TPSA) is 84.6 Å². The lowest BCUT2D eigenvalue weighted by atomic mass is 10.1. The van der Waals surface area contributed by atoms with Crippen molar-refractivity contribution in [2.24, 2.45) is 0 Å². The van der Waals surface area contributed by atoms with Crippen LogP contribution in [0.3, 0.4) is 0 Å². The van der Waals surface area contributed by atoms with Crippen LogP contribution in [0.1, 0.15) is 34.4 Å². The summed E-state index contributed by atoms with van der Waals surface area (Å²) < 4.78 is 10.4. The molecule has 0 bridgehead atoms. The quantitative estimate of drug-likeness (QED) is 0.623. The summed E-state index contributed by atoms with van der Waals surface area (Å²) in [6, 6.07) is 6.54. The first kappa shape index (κ1) is 19.2. The average Bonchev–Trinajstić information content (AvgIpc) is 3.12. The fraction of sp³-hybridized carbons (Fsp3) is 0.429. The molecule has 1 fully saturated rings. The number of aryl methyl sites for hydroxylation is 3. The van der Waals surface area contributed by atoms with Crippen LogP contribution >= 0.6 is 0 Å². The van der Waals surface area contributed by atoms with Gasteiger partial charge in [0.1, 0.15) is 17.0 Å². The van der Waals surface area contributed by atoms with Gasteiger partial charge in [-0.15, -0.1) is 0 Å². The summed E-state index contributed by atoms with van der Waals surface area (Å²) in [4.78, 5) is 25.8. The van der Waals surface area contributed by atoms with Crippen LogP contribution in [0.25, 0.3) is 11.1 Å². The zero-order valence-corrected chi connectivity index (χ0v) is 17.2. The number of ether oxygens (including phenoxy) is 1. The number of carbonyl (C=O) groups excluding carboxylic acids is 1. The third kappa shape index (κ3) is 3.62. The SMILES string of the molecule is CCOC(=O)c1noc2nc(C)nc(N3CCN(c4ccc(C)cc4C)CC3)c12. The van der Waals surface area contributed by atoms with E-state index in [9.17, 15) is 4.79 Å². The molecule has 3 heterocycles. The Kier molecular flexibility index (Phi) is 5.08. The molecule has 1 aromatic carbocycles. The number of hydrogen-bond acceptors (Lipinski definition) is 8. The molecule has 1 aliphatic rings. The summed E-state index contributed by atoms with van der Waals surface area (Å²) in [5.41, 5.74) is 4.25. The molecule has 0 amide bonds. The van der Waals surface area contributed by atoms with E-state index in [1.54, 1.807) is 13.8 Å². The number of rotatable bonds is 4. The van der Waals surface area contributed by atoms with Crippen LogP contribution in [-0.4, -0.2) is 53.9 Å². The molecule has 152 valence electrons. The van der Waals surface area contributed by atoms with Gasteiger partial charge in [-0.25, -0.2) is 9.78 Å². The number of fused-ring (bicyclic) bond motifs is 1. The number of benzene rings is 1. The standard InChI is InChI=1S/C21H25N5O3/c1-5-28-21(27)18-17-19(22-15(4)23-20(17)29-24-18)26-10-8-25(9-11-26)16-7-6-13(2)12-14(16)3/h6-7,12H,5,8-11H2,1-4H3. The van der Waals surface area contributed by atoms with Crippen molar-refractivity contribution < 1.29 is 14.1 Å². The smallest absolute Gasteiger partial charge is 0.361 e. The van der Waals surface area contributed by atoms with Crippen molar-refractivity contribution in [1.29, 1.82) is 0 Å². The van der Waals surface area contributed by atoms with Gasteiger partial charge >= 0.3 is 5.97 Å². The van der Waals surface area contributed by atoms with Gasteiger partial charge in [0.25, 0.3) is 5.71 Å². The molecule has 0 aliphatic carbocycles. The number of nitrogens with zero attached hydrogens (tertiary/aromatic N) is 5. The Balaban J connectivity index is 1.62. The van der Waals surface area contributed by atoms with Crippen LogP contribution in [0, 0.1) is 20.8 Å². The predicted octanol–water partition coefficient (Wildman–Crippen LogP) is 3.05. The highest BCUT2D eigenvalue weighted by Crippen LogP contribution is 2.30. The van der Waals surface area contributed by atoms with Gasteiger partial charge in [-0.05, 0) is 39.3 Å². The zero-order chi connectivity index (χ0) is 20.5. The average molecular weight is 395 g/mol. The van der Waals surface area contributed by atoms with E-state index in [1.807, 2.05) is 0 Å². The summed E-state index contributed by atoms with van der Waals surface area (Å²) in [5.74, 6) is 0.738. The normalized spacial score (nSPS) is 14.5. The van der Waals surface area contributed by atoms with Crippen LogP contribution in [0.4, 0.5) is 11.5 Å². The molecule has 4 rings (SSSR count). The molecular formula is C21H25N5O3. The lowest BCUT2D eigenvalue weighted by molar-refractivity contribution is 0.0517. The number of piperazine rings is 1. The predicted molar refractivity (Wildman–Crippen MR) is 111 cm³/mol. The van der Waals surface area contributed by atoms with Crippen molar-refractivity contribution in [2.45, 2.75) is 27.7 Å². The lowest BCUT2D eigenvalue weighted by Crippen LogP contribution is -2.47. The number of aromatic nitrogens is 3. The van der Waals surface area contributed by atoms with Gasteiger partial charge in [0.2, 0.25) is 5.69 Å². The molecule has 0 spiro atoms. The summed E-state index contributed by atoms with van der Waals surface area (Å²) in [7, 11) is 0. The van der Waals surface area contributed by atoms with Gasteiger partial charge in [-0.1, -0.05) is 22.9 Å². The van der Waals surface area contributed by atoms with Gasteiger partial charge in [0.15, 0.2) is 0 Å². The van der Waals surface area contributed by atoms with Crippen LogP contribution in [-0.2, 0) is 4.74 Å². The minimum Gasteiger partial charge on any atom is -0.461 e. The fourth-order valence-electron chi connectivity index (χ4n) is 3.83. The minimum atomic E-state index is -0.520. The van der Waals surface area contributed by atoms with E-state index in [2.05, 4.69) is 57.0 Å². The Hall–Kier alpha value is -3.16. The second-order valence-corrected chi connectivity index (χ2v) is 7.29. The molecule has 0 N–H and O–H groups in total. The van der Waals surface area contributed by atoms with Crippen LogP contribution in [0.2, 0.25) is 0 Å². The monoisotopic (exact) mass is 395 g/mol. The molecule has 3 aromatic rings. The Labute approximate surface area is 169 Å². The highest BCUT2D eigenvalue weighted by atomic mass is 16.5. The highest BCUT2D eigenvalue weighted by Gasteiger charge is 2.28. The number of carbonyl (C=O) groups is 1. The van der Waals surface area contributed by atoms with E-state index in [0.717, 1.165) is 26.2 Å². The van der Waals surface area contributed by atoms with Crippen molar-refractivity contribution in [3.8, 4) is 0 Å². The molecular weight excluding hydrogens is 370 g/mol. The molecule has 1 aliphatic heterocycles. The van der Waals surface area contributed by atoms with Gasteiger partial charge in [-0.3, -0.25) is 0 Å². The van der Waals surface area contributed by atoms with Crippen LogP contribution in [0.5, 0.6) is 0 Å². The summed E-state index contributed by atoms with van der Waals surface area (Å²) in [5, 5.41) is 4.43. The zero-order valence-electron chi connectivity index (χ0n) is 17.2. The molecule has 8 heteroatoms. The molecule has 0 unspecified atom stereocenters. The molecule has 29 heavy (non-hydrogen) atoms. The maximum atomic E-state index is 12.3. The van der Waals surface area contributed by atoms with E-state index in [-0.39, 0.29) is 12.3 Å². The van der Waals surface area contributed by atoms with Gasteiger partial charge in [-0.2, -0.15) is 4.98 Å². The largest absolute Gasteiger partial charge is 0.461 e. The summed E-state index contributed by atoms with van der Waals surface area (Å²) in [6.07, 6.45) is 0. The Morgan fingerprint density at radius 3 is 2.52 bits per heavy atom. The molecule has 0 radical (unpaired) electrons. The van der Waals surface area contributed by atoms with Crippen molar-refractivity contribution in [3.63, 3.8) is 0 Å². The summed E-state index contributed by atoms with van der Waals surface area (Å²) in [6.45, 7) is 11.3. The Morgan fingerprint density at radius 2 is 1.83 bits per heavy atom. The first-order valence-electron chi connectivity index (χ1n) is 9.86. The van der Waals surface area contributed by atoms with Crippen molar-refractivity contribution >= 4 is 28.6 Å². The van der Waals surface area contributed by atoms with E-state index in [4.69, 9.17) is 9.26 Å². The molecule has 8 nitrogen and oxygen atoms in total. The second-order valence-electron chi connectivity index (χ2n) is 7.29. The Bertz CT molecular complexity index is 1050. The molecule has 2 aromatic heterocycles. The van der Waals surface area contributed by atoms with Crippen LogP contribution < -0.4 is 9.80 Å². The van der Waals surface area contributed by atoms with Gasteiger partial charge in [0, 0.05) is 31.9 Å². The molecule has 0 atom stereocenters. The van der Waals surface area contributed by atoms with E-state index >= 15 is 0 Å². The minimum absolute atomic E-state index is 0.133. The maximum absolute atomic E-state index is 12.3. The number of anilines is 2. The molecule has 0 saturated carbocycles. The van der Waals surface area contributed by atoms with Crippen molar-refractivity contribution in [2.75, 3.05) is 42.6 Å². The highest BCUT2D eigenvalue weighted by molar-refractivity contribution is 6.04. The second kappa shape index (κ2) is 7.69. The van der Waals surface area contributed by atoms with Gasteiger partial charge < -0.3 is 19.1 Å². The third-order valence-corrected chi connectivity index (χ3v) is 5.17. The maximum Gasteiger partial charge on any atom is 0.361 e. The van der Waals surface area contributed by atoms with Crippen LogP contribution in [0.15, 0.2) is 22.7 Å². The fourth-order valence-corrected chi connectivity index (χ4v) is 3.83. The first-order valence-corrected chi connectivity index (χ1v) is 9.86. The van der Waals surface area contributed by atoms with E-state index < -0.39 is 5.97 Å². The van der Waals surface area contributed by atoms with E-state index in [1.165, 1.54) is 16.8 Å². The number of hydrogen-bond donors (Lipinski definition) is 0. The lowest BCUT2D eigenvalue weighted by Gasteiger charge is -2.37. The third-order valence-electron chi connectivity index (χ3n) is 5.17. The first-order chi connectivity index (χ1) is 14.0. The summed E-state index contributed by atoms with van der Waals surface area (Å²) >= 11 is 0. The van der Waals surface area contributed by atoms with Crippen molar-refractivity contribution in [3.05, 3.63) is 40.8 Å². The van der Waals surface area contributed by atoms with Crippen molar-refractivity contribution in [1.82, 2.24) is 15.1 Å².